The van der Waals surface area contributed by atoms with E-state index in [0.717, 1.165) is 12.8 Å². The zero-order valence-electron chi connectivity index (χ0n) is 15.5. The minimum Gasteiger partial charge on any atom is -0.483 e. The van der Waals surface area contributed by atoms with E-state index in [1.807, 2.05) is 17.5 Å². The van der Waals surface area contributed by atoms with E-state index in [4.69, 9.17) is 4.74 Å². The molecule has 1 spiro atoms. The Morgan fingerprint density at radius 2 is 2.04 bits per heavy atom. The van der Waals surface area contributed by atoms with Gasteiger partial charge in [0.2, 0.25) is 5.91 Å². The molecule has 0 radical (unpaired) electrons. The molecular formula is C21H22N2O4S. The quantitative estimate of drug-likeness (QED) is 0.804. The van der Waals surface area contributed by atoms with Gasteiger partial charge in [-0.25, -0.2) is 0 Å². The maximum absolute atomic E-state index is 12.7. The molecule has 3 heterocycles. The van der Waals surface area contributed by atoms with Crippen LogP contribution < -0.4 is 10.1 Å². The number of likely N-dealkylation sites (tertiary alicyclic amines) is 1. The summed E-state index contributed by atoms with van der Waals surface area (Å²) in [5, 5.41) is 4.79. The van der Waals surface area contributed by atoms with Crippen molar-refractivity contribution >= 4 is 28.9 Å². The number of rotatable bonds is 4. The van der Waals surface area contributed by atoms with Gasteiger partial charge in [-0.1, -0.05) is 18.2 Å². The monoisotopic (exact) mass is 398 g/mol. The highest BCUT2D eigenvalue weighted by Crippen LogP contribution is 2.32. The van der Waals surface area contributed by atoms with E-state index >= 15 is 0 Å². The van der Waals surface area contributed by atoms with Crippen LogP contribution in [0.4, 0.5) is 0 Å². The third kappa shape index (κ3) is 3.80. The summed E-state index contributed by atoms with van der Waals surface area (Å²) < 4.78 is 6.28. The summed E-state index contributed by atoms with van der Waals surface area (Å²) >= 11 is 1.40. The highest BCUT2D eigenvalue weighted by atomic mass is 32.1. The van der Waals surface area contributed by atoms with E-state index in [-0.39, 0.29) is 30.4 Å². The van der Waals surface area contributed by atoms with Gasteiger partial charge in [0, 0.05) is 19.4 Å². The second-order valence-electron chi connectivity index (χ2n) is 7.28. The third-order valence-corrected chi connectivity index (χ3v) is 6.19. The molecule has 28 heavy (non-hydrogen) atoms. The van der Waals surface area contributed by atoms with Crippen molar-refractivity contribution in [2.75, 3.05) is 19.6 Å². The first-order chi connectivity index (χ1) is 13.6. The van der Waals surface area contributed by atoms with Crippen LogP contribution in [0.15, 0.2) is 41.8 Å². The van der Waals surface area contributed by atoms with Gasteiger partial charge in [0.25, 0.3) is 5.91 Å². The molecule has 2 aliphatic heterocycles. The second kappa shape index (κ2) is 7.75. The van der Waals surface area contributed by atoms with Crippen LogP contribution in [-0.4, -0.2) is 47.7 Å². The Balaban J connectivity index is 1.43. The van der Waals surface area contributed by atoms with Gasteiger partial charge in [-0.3, -0.25) is 14.4 Å². The predicted molar refractivity (Wildman–Crippen MR) is 106 cm³/mol. The molecule has 6 nitrogen and oxygen atoms in total. The molecule has 1 fully saturated rings. The summed E-state index contributed by atoms with van der Waals surface area (Å²) in [5.41, 5.74) is -0.113. The number of hydrogen-bond acceptors (Lipinski definition) is 5. The van der Waals surface area contributed by atoms with Crippen LogP contribution >= 0.6 is 11.3 Å². The zero-order chi connectivity index (χ0) is 19.6. The molecule has 2 aromatic rings. The molecule has 4 rings (SSSR count). The number of ketones is 1. The Labute approximate surface area is 167 Å². The largest absolute Gasteiger partial charge is 0.483 e. The number of thiophene rings is 1. The molecule has 0 bridgehead atoms. The van der Waals surface area contributed by atoms with Crippen LogP contribution in [0, 0.1) is 0 Å². The van der Waals surface area contributed by atoms with Crippen molar-refractivity contribution in [1.29, 1.82) is 0 Å². The summed E-state index contributed by atoms with van der Waals surface area (Å²) in [7, 11) is 0. The van der Waals surface area contributed by atoms with Crippen LogP contribution in [0.25, 0.3) is 0 Å². The number of piperidine rings is 1. The van der Waals surface area contributed by atoms with Crippen molar-refractivity contribution < 1.29 is 19.1 Å². The van der Waals surface area contributed by atoms with Crippen LogP contribution in [0.2, 0.25) is 0 Å². The fourth-order valence-corrected chi connectivity index (χ4v) is 4.52. The van der Waals surface area contributed by atoms with Crippen LogP contribution in [0.3, 0.4) is 0 Å². The van der Waals surface area contributed by atoms with Gasteiger partial charge in [0.1, 0.15) is 11.4 Å². The van der Waals surface area contributed by atoms with E-state index in [1.165, 1.54) is 11.3 Å². The highest BCUT2D eigenvalue weighted by Gasteiger charge is 2.42. The zero-order valence-corrected chi connectivity index (χ0v) is 16.3. The Morgan fingerprint density at radius 1 is 1.18 bits per heavy atom. The van der Waals surface area contributed by atoms with E-state index < -0.39 is 5.60 Å². The number of nitrogens with one attached hydrogen (secondary N) is 1. The Kier molecular flexibility index (Phi) is 5.17. The lowest BCUT2D eigenvalue weighted by Gasteiger charge is -2.42. The fourth-order valence-electron chi connectivity index (χ4n) is 3.83. The van der Waals surface area contributed by atoms with Crippen LogP contribution in [0.1, 0.15) is 45.7 Å². The van der Waals surface area contributed by atoms with Gasteiger partial charge in [-0.2, -0.15) is 0 Å². The normalized spacial score (nSPS) is 21.4. The molecule has 1 aromatic heterocycles. The molecule has 2 amide bonds. The van der Waals surface area contributed by atoms with Crippen molar-refractivity contribution in [2.45, 2.75) is 31.3 Å². The number of fused-ring (bicyclic) bond motifs is 1. The first kappa shape index (κ1) is 18.7. The predicted octanol–water partition coefficient (Wildman–Crippen LogP) is 2.89. The molecule has 1 aromatic carbocycles. The van der Waals surface area contributed by atoms with Gasteiger partial charge in [0.15, 0.2) is 5.78 Å². The number of ether oxygens (including phenoxy) is 1. The second-order valence-corrected chi connectivity index (χ2v) is 8.23. The van der Waals surface area contributed by atoms with Gasteiger partial charge in [0.05, 0.1) is 23.5 Å². The average Bonchev–Trinajstić information content (AvgIpc) is 3.21. The maximum atomic E-state index is 12.7. The van der Waals surface area contributed by atoms with Crippen molar-refractivity contribution in [2.24, 2.45) is 0 Å². The molecule has 1 N–H and O–H groups in total. The summed E-state index contributed by atoms with van der Waals surface area (Å²) in [6.07, 6.45) is 1.96. The van der Waals surface area contributed by atoms with Crippen molar-refractivity contribution in [3.8, 4) is 5.75 Å². The molecule has 7 heteroatoms. The van der Waals surface area contributed by atoms with E-state index in [9.17, 15) is 14.4 Å². The number of Topliss-reactive ketones (excluding diaryl/α,β-unsaturated/α-hetero) is 1. The number of benzene rings is 1. The lowest BCUT2D eigenvalue weighted by molar-refractivity contribution is -0.136. The molecule has 0 saturated carbocycles. The molecule has 1 saturated heterocycles. The minimum absolute atomic E-state index is 0.00183. The first-order valence-electron chi connectivity index (χ1n) is 9.47. The molecule has 0 aliphatic carbocycles. The molecule has 2 aliphatic rings. The maximum Gasteiger partial charge on any atom is 0.255 e. The molecule has 146 valence electrons. The Morgan fingerprint density at radius 3 is 2.86 bits per heavy atom. The highest BCUT2D eigenvalue weighted by molar-refractivity contribution is 7.12. The molecule has 1 unspecified atom stereocenters. The summed E-state index contributed by atoms with van der Waals surface area (Å²) in [5.74, 6) is 0.357. The third-order valence-electron chi connectivity index (χ3n) is 5.28. The van der Waals surface area contributed by atoms with Gasteiger partial charge in [-0.05, 0) is 36.4 Å². The van der Waals surface area contributed by atoms with Crippen molar-refractivity contribution in [3.05, 3.63) is 52.2 Å². The van der Waals surface area contributed by atoms with Crippen molar-refractivity contribution in [1.82, 2.24) is 10.2 Å². The SMILES string of the molecule is O=C(CCC(=O)N1CCCC2(CNC(=O)c3ccccc3O2)C1)c1cccs1. The summed E-state index contributed by atoms with van der Waals surface area (Å²) in [4.78, 5) is 39.7. The van der Waals surface area contributed by atoms with E-state index in [1.54, 1.807) is 29.2 Å². The number of carbonyl (C=O) groups excluding carboxylic acids is 3. The lowest BCUT2D eigenvalue weighted by Crippen LogP contribution is -2.57. The summed E-state index contributed by atoms with van der Waals surface area (Å²) in [6, 6.07) is 10.8. The number of hydrogen-bond donors (Lipinski definition) is 1. The molecule has 1 atom stereocenters. The van der Waals surface area contributed by atoms with Gasteiger partial charge in [-0.15, -0.1) is 11.3 Å². The van der Waals surface area contributed by atoms with Crippen molar-refractivity contribution in [3.63, 3.8) is 0 Å². The van der Waals surface area contributed by atoms with E-state index in [0.29, 0.717) is 35.8 Å². The minimum atomic E-state index is -0.631. The summed E-state index contributed by atoms with van der Waals surface area (Å²) in [6.45, 7) is 1.42. The number of para-hydroxylation sites is 1. The Hall–Kier alpha value is -2.67. The van der Waals surface area contributed by atoms with Gasteiger partial charge >= 0.3 is 0 Å². The van der Waals surface area contributed by atoms with E-state index in [2.05, 4.69) is 5.32 Å². The lowest BCUT2D eigenvalue weighted by atomic mass is 9.92. The number of nitrogens with zero attached hydrogens (tertiary/aromatic N) is 1. The topological polar surface area (TPSA) is 75.7 Å². The Bertz CT molecular complexity index is 896. The van der Waals surface area contributed by atoms with Crippen LogP contribution in [0.5, 0.6) is 5.75 Å². The van der Waals surface area contributed by atoms with Gasteiger partial charge < -0.3 is 15.0 Å². The first-order valence-corrected chi connectivity index (χ1v) is 10.4. The van der Waals surface area contributed by atoms with Crippen LogP contribution in [-0.2, 0) is 4.79 Å². The average molecular weight is 398 g/mol. The number of carbonyl (C=O) groups is 3. The fraction of sp³-hybridized carbons (Fsp3) is 0.381. The smallest absolute Gasteiger partial charge is 0.255 e. The standard InChI is InChI=1S/C21H22N2O4S/c24-16(18-7-3-12-28-18)8-9-19(25)23-11-4-10-21(14-23)13-22-20(26)15-5-1-2-6-17(15)27-21/h1-3,5-7,12H,4,8-11,13-14H2,(H,22,26). The number of amides is 2. The molecular weight excluding hydrogens is 376 g/mol.